The van der Waals surface area contributed by atoms with Gasteiger partial charge in [-0.15, -0.1) is 0 Å². The van der Waals surface area contributed by atoms with E-state index in [4.69, 9.17) is 15.6 Å². The molecule has 0 aromatic carbocycles. The van der Waals surface area contributed by atoms with Crippen LogP contribution in [0.25, 0.3) is 0 Å². The fourth-order valence-corrected chi connectivity index (χ4v) is 2.01. The fraction of sp³-hybridized carbons (Fsp3) is 0.500. The van der Waals surface area contributed by atoms with Gasteiger partial charge in [-0.2, -0.15) is 0 Å². The highest BCUT2D eigenvalue weighted by Crippen LogP contribution is 2.25. The van der Waals surface area contributed by atoms with E-state index in [9.17, 15) is 4.79 Å². The van der Waals surface area contributed by atoms with Crippen LogP contribution < -0.4 is 10.6 Å². The van der Waals surface area contributed by atoms with Crippen LogP contribution in [0.3, 0.4) is 0 Å². The van der Waals surface area contributed by atoms with Gasteiger partial charge in [0, 0.05) is 6.54 Å². The number of carboxylic acid groups (broad SMARTS) is 1. The number of anilines is 2. The second kappa shape index (κ2) is 4.81. The highest BCUT2D eigenvalue weighted by molar-refractivity contribution is 5.87. The summed E-state index contributed by atoms with van der Waals surface area (Å²) in [6.45, 7) is 5.21. The Balaban J connectivity index is 2.36. The Labute approximate surface area is 105 Å². The van der Waals surface area contributed by atoms with Crippen molar-refractivity contribution in [1.29, 1.82) is 0 Å². The van der Waals surface area contributed by atoms with E-state index >= 15 is 0 Å². The number of carboxylic acids is 1. The number of aromatic nitrogens is 1. The largest absolute Gasteiger partial charge is 0.477 e. The van der Waals surface area contributed by atoms with E-state index in [0.29, 0.717) is 24.7 Å². The summed E-state index contributed by atoms with van der Waals surface area (Å²) in [5, 5.41) is 8.97. The van der Waals surface area contributed by atoms with E-state index in [1.165, 1.54) is 6.07 Å². The van der Waals surface area contributed by atoms with Gasteiger partial charge in [0.05, 0.1) is 24.4 Å². The molecule has 1 aliphatic heterocycles. The first kappa shape index (κ1) is 12.6. The number of nitrogens with two attached hydrogens (primary N) is 1. The Bertz CT molecular complexity index is 464. The summed E-state index contributed by atoms with van der Waals surface area (Å²) in [6, 6.07) is 3.12. The van der Waals surface area contributed by atoms with Gasteiger partial charge in [0.1, 0.15) is 0 Å². The minimum Gasteiger partial charge on any atom is -0.477 e. The number of ether oxygens (including phenoxy) is 1. The summed E-state index contributed by atoms with van der Waals surface area (Å²) in [6.07, 6.45) is 0.0795. The average molecular weight is 251 g/mol. The van der Waals surface area contributed by atoms with Crippen molar-refractivity contribution >= 4 is 17.5 Å². The first-order chi connectivity index (χ1) is 8.49. The van der Waals surface area contributed by atoms with E-state index in [1.54, 1.807) is 6.07 Å². The third kappa shape index (κ3) is 2.38. The third-order valence-corrected chi connectivity index (χ3v) is 3.00. The lowest BCUT2D eigenvalue weighted by atomic mass is 10.2. The summed E-state index contributed by atoms with van der Waals surface area (Å²) in [7, 11) is 0. The highest BCUT2D eigenvalue weighted by atomic mass is 16.5. The summed E-state index contributed by atoms with van der Waals surface area (Å²) >= 11 is 0. The molecule has 6 nitrogen and oxygen atoms in total. The first-order valence-electron chi connectivity index (χ1n) is 5.87. The lowest BCUT2D eigenvalue weighted by Gasteiger charge is -2.38. The molecule has 0 aliphatic carbocycles. The quantitative estimate of drug-likeness (QED) is 0.814. The topological polar surface area (TPSA) is 88.7 Å². The van der Waals surface area contributed by atoms with E-state index in [2.05, 4.69) is 4.98 Å². The molecule has 1 aromatic heterocycles. The Morgan fingerprint density at radius 2 is 2.28 bits per heavy atom. The van der Waals surface area contributed by atoms with Crippen LogP contribution in [0.4, 0.5) is 11.5 Å². The zero-order valence-electron chi connectivity index (χ0n) is 10.5. The maximum absolute atomic E-state index is 10.9. The van der Waals surface area contributed by atoms with Crippen LogP contribution in [-0.2, 0) is 4.74 Å². The maximum atomic E-state index is 10.9. The normalized spacial score (nSPS) is 24.0. The van der Waals surface area contributed by atoms with Gasteiger partial charge in [-0.1, -0.05) is 0 Å². The molecule has 2 heterocycles. The van der Waals surface area contributed by atoms with Crippen LogP contribution in [0.2, 0.25) is 0 Å². The van der Waals surface area contributed by atoms with Gasteiger partial charge in [0.25, 0.3) is 0 Å². The molecule has 1 saturated heterocycles. The molecule has 1 fully saturated rings. The second-order valence-corrected chi connectivity index (χ2v) is 4.56. The van der Waals surface area contributed by atoms with E-state index < -0.39 is 5.97 Å². The predicted molar refractivity (Wildman–Crippen MR) is 67.8 cm³/mol. The molecular weight excluding hydrogens is 234 g/mol. The lowest BCUT2D eigenvalue weighted by Crippen LogP contribution is -2.48. The molecule has 2 unspecified atom stereocenters. The molecule has 0 bridgehead atoms. The molecule has 0 saturated carbocycles. The molecule has 1 aromatic rings. The van der Waals surface area contributed by atoms with Gasteiger partial charge >= 0.3 is 5.97 Å². The van der Waals surface area contributed by atoms with Gasteiger partial charge in [0.15, 0.2) is 11.5 Å². The summed E-state index contributed by atoms with van der Waals surface area (Å²) in [4.78, 5) is 17.1. The lowest BCUT2D eigenvalue weighted by molar-refractivity contribution is 0.0341. The van der Waals surface area contributed by atoms with Crippen molar-refractivity contribution in [3.05, 3.63) is 17.8 Å². The number of pyridine rings is 1. The molecule has 1 aliphatic rings. The number of nitrogens with zero attached hydrogens (tertiary/aromatic N) is 2. The van der Waals surface area contributed by atoms with Crippen molar-refractivity contribution in [3.63, 3.8) is 0 Å². The standard InChI is InChI=1S/C12H17N3O3/c1-7-6-18-8(2)5-15(7)11-9(13)3-4-10(14-11)12(16)17/h3-4,7-8H,5-6,13H2,1-2H3,(H,16,17). The SMILES string of the molecule is CC1CN(c2nc(C(=O)O)ccc2N)C(C)CO1. The Hall–Kier alpha value is -1.82. The van der Waals surface area contributed by atoms with Gasteiger partial charge in [-0.05, 0) is 26.0 Å². The second-order valence-electron chi connectivity index (χ2n) is 4.56. The Morgan fingerprint density at radius 3 is 2.94 bits per heavy atom. The first-order valence-corrected chi connectivity index (χ1v) is 5.87. The van der Waals surface area contributed by atoms with Crippen LogP contribution >= 0.6 is 0 Å². The van der Waals surface area contributed by atoms with Crippen LogP contribution in [0.1, 0.15) is 24.3 Å². The number of carbonyl (C=O) groups is 1. The number of aromatic carboxylic acids is 1. The van der Waals surface area contributed by atoms with Crippen LogP contribution in [-0.4, -0.2) is 41.4 Å². The van der Waals surface area contributed by atoms with E-state index in [0.717, 1.165) is 0 Å². The van der Waals surface area contributed by atoms with Gasteiger partial charge in [-0.3, -0.25) is 0 Å². The van der Waals surface area contributed by atoms with E-state index in [-0.39, 0.29) is 17.8 Å². The molecule has 0 amide bonds. The van der Waals surface area contributed by atoms with Gasteiger partial charge in [0.2, 0.25) is 0 Å². The molecule has 2 atom stereocenters. The smallest absolute Gasteiger partial charge is 0.354 e. The third-order valence-electron chi connectivity index (χ3n) is 3.00. The van der Waals surface area contributed by atoms with Crippen LogP contribution in [0.5, 0.6) is 0 Å². The van der Waals surface area contributed by atoms with Crippen molar-refractivity contribution in [2.24, 2.45) is 0 Å². The molecule has 0 radical (unpaired) electrons. The molecule has 18 heavy (non-hydrogen) atoms. The summed E-state index contributed by atoms with van der Waals surface area (Å²) in [5.74, 6) is -0.525. The molecule has 3 N–H and O–H groups in total. The number of hydrogen-bond acceptors (Lipinski definition) is 5. The number of morpholine rings is 1. The van der Waals surface area contributed by atoms with E-state index in [1.807, 2.05) is 18.7 Å². The number of nitrogen functional groups attached to an aromatic ring is 1. The minimum absolute atomic E-state index is 0.00513. The van der Waals surface area contributed by atoms with Gasteiger partial charge in [-0.25, -0.2) is 9.78 Å². The van der Waals surface area contributed by atoms with Crippen LogP contribution in [0, 0.1) is 0 Å². The fourth-order valence-electron chi connectivity index (χ4n) is 2.01. The minimum atomic E-state index is -1.05. The number of hydrogen-bond donors (Lipinski definition) is 2. The zero-order chi connectivity index (χ0) is 13.3. The average Bonchev–Trinajstić information content (AvgIpc) is 2.33. The van der Waals surface area contributed by atoms with Crippen molar-refractivity contribution in [2.45, 2.75) is 26.0 Å². The van der Waals surface area contributed by atoms with Gasteiger partial charge < -0.3 is 20.5 Å². The van der Waals surface area contributed by atoms with Crippen molar-refractivity contribution in [2.75, 3.05) is 23.8 Å². The van der Waals surface area contributed by atoms with Crippen molar-refractivity contribution in [1.82, 2.24) is 4.98 Å². The molecule has 0 spiro atoms. The molecular formula is C12H17N3O3. The number of rotatable bonds is 2. The Morgan fingerprint density at radius 1 is 1.56 bits per heavy atom. The van der Waals surface area contributed by atoms with Crippen molar-refractivity contribution < 1.29 is 14.6 Å². The molecule has 6 heteroatoms. The maximum Gasteiger partial charge on any atom is 0.354 e. The summed E-state index contributed by atoms with van der Waals surface area (Å²) < 4.78 is 5.53. The Kier molecular flexibility index (Phi) is 3.38. The monoisotopic (exact) mass is 251 g/mol. The molecule has 98 valence electrons. The van der Waals surface area contributed by atoms with Crippen molar-refractivity contribution in [3.8, 4) is 0 Å². The summed E-state index contributed by atoms with van der Waals surface area (Å²) in [5.41, 5.74) is 6.38. The molecule has 2 rings (SSSR count). The highest BCUT2D eigenvalue weighted by Gasteiger charge is 2.26. The zero-order valence-corrected chi connectivity index (χ0v) is 10.5. The van der Waals surface area contributed by atoms with Crippen LogP contribution in [0.15, 0.2) is 12.1 Å². The predicted octanol–water partition coefficient (Wildman–Crippen LogP) is 0.976.